The van der Waals surface area contributed by atoms with Gasteiger partial charge in [0.15, 0.2) is 0 Å². The molecule has 1 aromatic carbocycles. The number of carboxylic acid groups (broad SMARTS) is 1. The number of carboxylic acids is 1. The Hall–Kier alpha value is -1.38. The number of rotatable bonds is 2. The minimum atomic E-state index is -1.93. The molecule has 82 valence electrons. The molecule has 0 spiro atoms. The summed E-state index contributed by atoms with van der Waals surface area (Å²) in [6.07, 6.45) is -1.93. The van der Waals surface area contributed by atoms with E-state index >= 15 is 0 Å². The van der Waals surface area contributed by atoms with Crippen LogP contribution in [0.15, 0.2) is 24.3 Å². The smallest absolute Gasteiger partial charge is 0.343 e. The first-order chi connectivity index (χ1) is 6.82. The first-order valence-corrected chi connectivity index (χ1v) is 4.79. The molecule has 15 heavy (non-hydrogen) atoms. The number of hydrogen-bond acceptors (Lipinski definition) is 1. The highest BCUT2D eigenvalue weighted by atomic mass is 19.1. The van der Waals surface area contributed by atoms with Crippen molar-refractivity contribution >= 4 is 5.97 Å². The summed E-state index contributed by atoms with van der Waals surface area (Å²) in [5.41, 5.74) is 1.24. The maximum Gasteiger partial charge on any atom is 0.343 e. The predicted octanol–water partition coefficient (Wildman–Crippen LogP) is 3.08. The van der Waals surface area contributed by atoms with Gasteiger partial charge in [0, 0.05) is 0 Å². The molecule has 0 aliphatic rings. The van der Waals surface area contributed by atoms with E-state index in [2.05, 4.69) is 0 Å². The van der Waals surface area contributed by atoms with E-state index in [4.69, 9.17) is 5.11 Å². The maximum absolute atomic E-state index is 13.1. The summed E-state index contributed by atoms with van der Waals surface area (Å²) in [5, 5.41) is 8.49. The second-order valence-electron chi connectivity index (χ2n) is 4.57. The van der Waals surface area contributed by atoms with Crippen LogP contribution in [0.4, 0.5) is 4.39 Å². The van der Waals surface area contributed by atoms with Crippen molar-refractivity contribution in [2.45, 2.75) is 32.4 Å². The number of hydrogen-bond donors (Lipinski definition) is 1. The SMILES string of the molecule is CC(C)(C)c1ccc(C(F)C(=O)O)cc1. The molecule has 0 aromatic heterocycles. The Balaban J connectivity index is 2.95. The molecule has 0 saturated heterocycles. The fourth-order valence-electron chi connectivity index (χ4n) is 1.29. The van der Waals surface area contributed by atoms with Gasteiger partial charge in [-0.1, -0.05) is 45.0 Å². The van der Waals surface area contributed by atoms with Gasteiger partial charge in [-0.3, -0.25) is 0 Å². The lowest BCUT2D eigenvalue weighted by atomic mass is 9.86. The monoisotopic (exact) mass is 210 g/mol. The highest BCUT2D eigenvalue weighted by Gasteiger charge is 2.19. The van der Waals surface area contributed by atoms with Gasteiger partial charge in [0.25, 0.3) is 0 Å². The van der Waals surface area contributed by atoms with Crippen molar-refractivity contribution in [3.05, 3.63) is 35.4 Å². The quantitative estimate of drug-likeness (QED) is 0.814. The molecule has 0 amide bonds. The van der Waals surface area contributed by atoms with E-state index < -0.39 is 12.1 Å². The number of aliphatic carboxylic acids is 1. The van der Waals surface area contributed by atoms with Crippen LogP contribution in [0.2, 0.25) is 0 Å². The highest BCUT2D eigenvalue weighted by Crippen LogP contribution is 2.25. The van der Waals surface area contributed by atoms with E-state index in [-0.39, 0.29) is 11.0 Å². The molecule has 1 aromatic rings. The minimum absolute atomic E-state index is 0.00639. The molecule has 1 N–H and O–H groups in total. The Kier molecular flexibility index (Phi) is 3.12. The summed E-state index contributed by atoms with van der Waals surface area (Å²) >= 11 is 0. The number of benzene rings is 1. The Morgan fingerprint density at radius 2 is 1.73 bits per heavy atom. The normalized spacial score (nSPS) is 13.6. The predicted molar refractivity (Wildman–Crippen MR) is 56.6 cm³/mol. The van der Waals surface area contributed by atoms with Gasteiger partial charge < -0.3 is 5.11 Å². The molecular weight excluding hydrogens is 195 g/mol. The molecule has 1 rings (SSSR count). The van der Waals surface area contributed by atoms with E-state index in [9.17, 15) is 9.18 Å². The van der Waals surface area contributed by atoms with Crippen molar-refractivity contribution in [3.63, 3.8) is 0 Å². The van der Waals surface area contributed by atoms with E-state index in [1.165, 1.54) is 12.1 Å². The van der Waals surface area contributed by atoms with E-state index in [1.54, 1.807) is 12.1 Å². The van der Waals surface area contributed by atoms with Crippen molar-refractivity contribution < 1.29 is 14.3 Å². The Bertz CT molecular complexity index is 349. The van der Waals surface area contributed by atoms with Gasteiger partial charge in [-0.2, -0.15) is 0 Å². The van der Waals surface area contributed by atoms with Crippen LogP contribution < -0.4 is 0 Å². The Morgan fingerprint density at radius 3 is 2.07 bits per heavy atom. The molecule has 2 nitrogen and oxygen atoms in total. The molecule has 3 heteroatoms. The largest absolute Gasteiger partial charge is 0.479 e. The van der Waals surface area contributed by atoms with Crippen molar-refractivity contribution in [1.82, 2.24) is 0 Å². The van der Waals surface area contributed by atoms with Gasteiger partial charge in [0.1, 0.15) is 0 Å². The Labute approximate surface area is 88.7 Å². The van der Waals surface area contributed by atoms with Crippen LogP contribution in [0.5, 0.6) is 0 Å². The van der Waals surface area contributed by atoms with Gasteiger partial charge >= 0.3 is 5.97 Å². The third-order valence-corrected chi connectivity index (χ3v) is 2.29. The topological polar surface area (TPSA) is 37.3 Å². The second-order valence-corrected chi connectivity index (χ2v) is 4.57. The van der Waals surface area contributed by atoms with Gasteiger partial charge in [-0.05, 0) is 16.5 Å². The van der Waals surface area contributed by atoms with Gasteiger partial charge in [-0.25, -0.2) is 9.18 Å². The molecule has 0 saturated carbocycles. The second kappa shape index (κ2) is 4.01. The average molecular weight is 210 g/mol. The zero-order valence-electron chi connectivity index (χ0n) is 9.12. The molecule has 0 aliphatic carbocycles. The van der Waals surface area contributed by atoms with E-state index in [0.717, 1.165) is 5.56 Å². The van der Waals surface area contributed by atoms with Crippen LogP contribution in [0.3, 0.4) is 0 Å². The Morgan fingerprint density at radius 1 is 1.27 bits per heavy atom. The average Bonchev–Trinajstić information content (AvgIpc) is 2.15. The van der Waals surface area contributed by atoms with Crippen molar-refractivity contribution in [3.8, 4) is 0 Å². The fraction of sp³-hybridized carbons (Fsp3) is 0.417. The molecule has 0 bridgehead atoms. The minimum Gasteiger partial charge on any atom is -0.479 e. The number of carbonyl (C=O) groups is 1. The molecule has 0 aliphatic heterocycles. The van der Waals surface area contributed by atoms with Crippen LogP contribution in [-0.4, -0.2) is 11.1 Å². The third-order valence-electron chi connectivity index (χ3n) is 2.29. The van der Waals surface area contributed by atoms with Crippen LogP contribution in [-0.2, 0) is 10.2 Å². The van der Waals surface area contributed by atoms with Crippen molar-refractivity contribution in [1.29, 1.82) is 0 Å². The summed E-state index contributed by atoms with van der Waals surface area (Å²) in [6.45, 7) is 6.14. The highest BCUT2D eigenvalue weighted by molar-refractivity contribution is 5.74. The summed E-state index contributed by atoms with van der Waals surface area (Å²) in [6, 6.07) is 6.59. The first kappa shape index (κ1) is 11.7. The van der Waals surface area contributed by atoms with Gasteiger partial charge in [0.05, 0.1) is 0 Å². The van der Waals surface area contributed by atoms with Crippen LogP contribution >= 0.6 is 0 Å². The van der Waals surface area contributed by atoms with Crippen molar-refractivity contribution in [2.75, 3.05) is 0 Å². The molecule has 1 unspecified atom stereocenters. The lowest BCUT2D eigenvalue weighted by Gasteiger charge is -2.19. The summed E-state index contributed by atoms with van der Waals surface area (Å²) < 4.78 is 13.1. The lowest BCUT2D eigenvalue weighted by molar-refractivity contribution is -0.143. The van der Waals surface area contributed by atoms with Crippen molar-refractivity contribution in [2.24, 2.45) is 0 Å². The first-order valence-electron chi connectivity index (χ1n) is 4.79. The number of halogens is 1. The molecule has 0 fully saturated rings. The van der Waals surface area contributed by atoms with Crippen LogP contribution in [0.1, 0.15) is 38.1 Å². The summed E-state index contributed by atoms with van der Waals surface area (Å²) in [4.78, 5) is 10.4. The van der Waals surface area contributed by atoms with Crippen LogP contribution in [0, 0.1) is 0 Å². The number of alkyl halides is 1. The molecule has 0 radical (unpaired) electrons. The zero-order valence-corrected chi connectivity index (χ0v) is 9.12. The van der Waals surface area contributed by atoms with Crippen LogP contribution in [0.25, 0.3) is 0 Å². The summed E-state index contributed by atoms with van der Waals surface area (Å²) in [5.74, 6) is -1.45. The standard InChI is InChI=1S/C12H15FO2/c1-12(2,3)9-6-4-8(5-7-9)10(13)11(14)15/h4-7,10H,1-3H3,(H,14,15). The third kappa shape index (κ3) is 2.78. The van der Waals surface area contributed by atoms with Gasteiger partial charge in [0.2, 0.25) is 6.17 Å². The van der Waals surface area contributed by atoms with Gasteiger partial charge in [-0.15, -0.1) is 0 Å². The van der Waals surface area contributed by atoms with E-state index in [1.807, 2.05) is 20.8 Å². The molecular formula is C12H15FO2. The fourth-order valence-corrected chi connectivity index (χ4v) is 1.29. The van der Waals surface area contributed by atoms with E-state index in [0.29, 0.717) is 0 Å². The lowest BCUT2D eigenvalue weighted by Crippen LogP contribution is -2.11. The maximum atomic E-state index is 13.1. The summed E-state index contributed by atoms with van der Waals surface area (Å²) in [7, 11) is 0. The zero-order chi connectivity index (χ0) is 11.6. The molecule has 0 heterocycles. The molecule has 1 atom stereocenters.